The maximum Gasteiger partial charge on any atom is 0.510 e. The molecule has 3 rings (SSSR count). The molecule has 0 N–H and O–H groups in total. The SMILES string of the molecule is CCOC(=O)O[C@@H]1OC1(c1ccccc1)c1ccccc1. The first-order chi connectivity index (χ1) is 10.3. The Hall–Kier alpha value is -2.33. The summed E-state index contributed by atoms with van der Waals surface area (Å²) in [6.45, 7) is 2.01. The second-order valence-electron chi connectivity index (χ2n) is 4.72. The van der Waals surface area contributed by atoms with E-state index in [1.54, 1.807) is 6.92 Å². The van der Waals surface area contributed by atoms with Gasteiger partial charge in [0, 0.05) is 0 Å². The van der Waals surface area contributed by atoms with Crippen molar-refractivity contribution in [2.75, 3.05) is 6.61 Å². The fraction of sp³-hybridized carbons (Fsp3) is 0.235. The molecule has 0 bridgehead atoms. The Bertz CT molecular complexity index is 570. The summed E-state index contributed by atoms with van der Waals surface area (Å²) < 4.78 is 15.8. The molecule has 1 atom stereocenters. The van der Waals surface area contributed by atoms with Gasteiger partial charge in [-0.1, -0.05) is 60.7 Å². The van der Waals surface area contributed by atoms with Gasteiger partial charge in [0.1, 0.15) is 0 Å². The Kier molecular flexibility index (Phi) is 3.62. The largest absolute Gasteiger partial charge is 0.510 e. The van der Waals surface area contributed by atoms with Crippen LogP contribution in [-0.4, -0.2) is 19.1 Å². The molecular weight excluding hydrogens is 268 g/mol. The molecule has 1 aliphatic rings. The lowest BCUT2D eigenvalue weighted by molar-refractivity contribution is 0.0256. The van der Waals surface area contributed by atoms with Crippen LogP contribution in [0.3, 0.4) is 0 Å². The van der Waals surface area contributed by atoms with Crippen molar-refractivity contribution in [2.45, 2.75) is 18.8 Å². The third kappa shape index (κ3) is 2.50. The van der Waals surface area contributed by atoms with Crippen LogP contribution in [0.5, 0.6) is 0 Å². The highest BCUT2D eigenvalue weighted by Crippen LogP contribution is 2.52. The molecule has 1 heterocycles. The van der Waals surface area contributed by atoms with Crippen molar-refractivity contribution in [3.63, 3.8) is 0 Å². The van der Waals surface area contributed by atoms with Gasteiger partial charge in [0.25, 0.3) is 0 Å². The van der Waals surface area contributed by atoms with E-state index in [4.69, 9.17) is 14.2 Å². The zero-order valence-corrected chi connectivity index (χ0v) is 11.7. The van der Waals surface area contributed by atoms with E-state index in [1.165, 1.54) is 0 Å². The van der Waals surface area contributed by atoms with Crippen molar-refractivity contribution in [2.24, 2.45) is 0 Å². The molecule has 0 radical (unpaired) electrons. The predicted molar refractivity (Wildman–Crippen MR) is 76.6 cm³/mol. The van der Waals surface area contributed by atoms with Gasteiger partial charge in [0.15, 0.2) is 5.60 Å². The quantitative estimate of drug-likeness (QED) is 0.637. The van der Waals surface area contributed by atoms with Gasteiger partial charge < -0.3 is 14.2 Å². The standard InChI is InChI=1S/C17H16O4/c1-2-19-16(18)20-15-17(21-15,13-9-5-3-6-10-13)14-11-7-4-8-12-14/h3-12,15H,2H2,1H3/t15-/m1/s1. The molecule has 0 unspecified atom stereocenters. The van der Waals surface area contributed by atoms with Crippen LogP contribution in [0.2, 0.25) is 0 Å². The van der Waals surface area contributed by atoms with E-state index in [9.17, 15) is 4.79 Å². The number of hydrogen-bond donors (Lipinski definition) is 0. The second kappa shape index (κ2) is 5.58. The lowest BCUT2D eigenvalue weighted by Gasteiger charge is -2.13. The van der Waals surface area contributed by atoms with Gasteiger partial charge in [0.2, 0.25) is 6.29 Å². The highest BCUT2D eigenvalue weighted by Gasteiger charge is 2.62. The third-order valence-electron chi connectivity index (χ3n) is 3.44. The van der Waals surface area contributed by atoms with Crippen molar-refractivity contribution in [1.29, 1.82) is 0 Å². The van der Waals surface area contributed by atoms with Crippen LogP contribution in [0.4, 0.5) is 4.79 Å². The van der Waals surface area contributed by atoms with Crippen LogP contribution in [0.25, 0.3) is 0 Å². The zero-order chi connectivity index (χ0) is 14.7. The van der Waals surface area contributed by atoms with E-state index in [0.29, 0.717) is 0 Å². The summed E-state index contributed by atoms with van der Waals surface area (Å²) in [6, 6.07) is 19.4. The molecule has 2 aromatic carbocycles. The Morgan fingerprint density at radius 2 is 1.57 bits per heavy atom. The molecule has 0 spiro atoms. The summed E-state index contributed by atoms with van der Waals surface area (Å²) >= 11 is 0. The Balaban J connectivity index is 1.91. The number of benzene rings is 2. The molecule has 0 aliphatic carbocycles. The monoisotopic (exact) mass is 284 g/mol. The first kappa shape index (κ1) is 13.6. The summed E-state index contributed by atoms with van der Waals surface area (Å²) in [5.41, 5.74) is 1.16. The average molecular weight is 284 g/mol. The topological polar surface area (TPSA) is 48.1 Å². The molecule has 0 saturated carbocycles. The van der Waals surface area contributed by atoms with Gasteiger partial charge in [-0.2, -0.15) is 0 Å². The molecule has 0 aromatic heterocycles. The smallest absolute Gasteiger partial charge is 0.435 e. The maximum atomic E-state index is 11.5. The molecule has 4 heteroatoms. The lowest BCUT2D eigenvalue weighted by Crippen LogP contribution is -2.19. The highest BCUT2D eigenvalue weighted by atomic mass is 16.8. The van der Waals surface area contributed by atoms with Crippen molar-refractivity contribution in [3.8, 4) is 0 Å². The molecule has 1 saturated heterocycles. The van der Waals surface area contributed by atoms with E-state index < -0.39 is 18.0 Å². The third-order valence-corrected chi connectivity index (χ3v) is 3.44. The summed E-state index contributed by atoms with van der Waals surface area (Å²) in [6.07, 6.45) is -1.38. The van der Waals surface area contributed by atoms with Crippen LogP contribution in [-0.2, 0) is 19.8 Å². The molecule has 1 fully saturated rings. The number of carbonyl (C=O) groups is 1. The summed E-state index contributed by atoms with van der Waals surface area (Å²) in [5.74, 6) is 0. The average Bonchev–Trinajstić information content (AvgIpc) is 3.24. The first-order valence-electron chi connectivity index (χ1n) is 6.89. The van der Waals surface area contributed by atoms with Gasteiger partial charge in [-0.3, -0.25) is 0 Å². The molecule has 2 aromatic rings. The predicted octanol–water partition coefficient (Wildman–Crippen LogP) is 3.46. The normalized spacial score (nSPS) is 18.8. The zero-order valence-electron chi connectivity index (χ0n) is 11.7. The molecule has 108 valence electrons. The van der Waals surface area contributed by atoms with Crippen LogP contribution in [0.1, 0.15) is 18.1 Å². The summed E-state index contributed by atoms with van der Waals surface area (Å²) in [5, 5.41) is 0. The van der Waals surface area contributed by atoms with E-state index in [2.05, 4.69) is 0 Å². The fourth-order valence-electron chi connectivity index (χ4n) is 2.43. The van der Waals surface area contributed by atoms with Crippen LogP contribution in [0, 0.1) is 0 Å². The van der Waals surface area contributed by atoms with Crippen molar-refractivity contribution < 1.29 is 19.0 Å². The minimum Gasteiger partial charge on any atom is -0.435 e. The maximum absolute atomic E-state index is 11.5. The van der Waals surface area contributed by atoms with E-state index >= 15 is 0 Å². The van der Waals surface area contributed by atoms with Crippen molar-refractivity contribution in [3.05, 3.63) is 71.8 Å². The minimum absolute atomic E-state index is 0.273. The van der Waals surface area contributed by atoms with E-state index in [0.717, 1.165) is 11.1 Å². The summed E-state index contributed by atoms with van der Waals surface area (Å²) in [4.78, 5) is 11.5. The molecule has 0 amide bonds. The van der Waals surface area contributed by atoms with Crippen molar-refractivity contribution >= 4 is 6.16 Å². The van der Waals surface area contributed by atoms with Crippen molar-refractivity contribution in [1.82, 2.24) is 0 Å². The Morgan fingerprint density at radius 3 is 2.05 bits per heavy atom. The highest BCUT2D eigenvalue weighted by molar-refractivity contribution is 5.61. The van der Waals surface area contributed by atoms with E-state index in [1.807, 2.05) is 60.7 Å². The Morgan fingerprint density at radius 1 is 1.05 bits per heavy atom. The van der Waals surface area contributed by atoms with Crippen LogP contribution >= 0.6 is 0 Å². The Labute approximate surface area is 123 Å². The number of rotatable bonds is 4. The van der Waals surface area contributed by atoms with Crippen LogP contribution in [0.15, 0.2) is 60.7 Å². The minimum atomic E-state index is -0.741. The number of carbonyl (C=O) groups excluding carboxylic acids is 1. The van der Waals surface area contributed by atoms with E-state index in [-0.39, 0.29) is 6.61 Å². The van der Waals surface area contributed by atoms with Crippen LogP contribution < -0.4 is 0 Å². The molecular formula is C17H16O4. The van der Waals surface area contributed by atoms with Gasteiger partial charge in [0.05, 0.1) is 6.61 Å². The van der Waals surface area contributed by atoms with Gasteiger partial charge in [-0.15, -0.1) is 0 Å². The molecule has 1 aliphatic heterocycles. The fourth-order valence-corrected chi connectivity index (χ4v) is 2.43. The second-order valence-corrected chi connectivity index (χ2v) is 4.72. The first-order valence-corrected chi connectivity index (χ1v) is 6.89. The molecule has 21 heavy (non-hydrogen) atoms. The lowest BCUT2D eigenvalue weighted by atomic mass is 9.91. The number of hydrogen-bond acceptors (Lipinski definition) is 4. The van der Waals surface area contributed by atoms with Gasteiger partial charge in [-0.05, 0) is 18.1 Å². The number of epoxide rings is 1. The van der Waals surface area contributed by atoms with Gasteiger partial charge >= 0.3 is 6.16 Å². The van der Waals surface area contributed by atoms with Gasteiger partial charge in [-0.25, -0.2) is 4.79 Å². The number of ether oxygens (including phenoxy) is 3. The summed E-state index contributed by atoms with van der Waals surface area (Å²) in [7, 11) is 0. The molecule has 4 nitrogen and oxygen atoms in total.